The number of carboxylic acids is 2. The van der Waals surface area contributed by atoms with Crippen LogP contribution in [0.3, 0.4) is 0 Å². The Bertz CT molecular complexity index is 730. The summed E-state index contributed by atoms with van der Waals surface area (Å²) in [5.74, 6) is -3.77. The summed E-state index contributed by atoms with van der Waals surface area (Å²) in [5, 5.41) is 22.8. The molecule has 0 aromatic heterocycles. The fraction of sp³-hybridized carbons (Fsp3) is 0.667. The number of guanidine groups is 2. The van der Waals surface area contributed by atoms with Gasteiger partial charge >= 0.3 is 32.4 Å². The average molecular weight is 521 g/mol. The number of carbonyl (C=O) groups excluding carboxylic acids is 2. The highest BCUT2D eigenvalue weighted by atomic mass is 28.4. The first-order valence-electron chi connectivity index (χ1n) is 10.7. The summed E-state index contributed by atoms with van der Waals surface area (Å²) in [6.07, 6.45) is 1.36. The Morgan fingerprint density at radius 3 is 1.46 bits per heavy atom. The monoisotopic (exact) mass is 520 g/mol. The van der Waals surface area contributed by atoms with Crippen LogP contribution < -0.4 is 33.6 Å². The third-order valence-corrected chi connectivity index (χ3v) is 5.55. The Labute approximate surface area is 203 Å². The number of aliphatic carboxylic acids is 2. The van der Waals surface area contributed by atoms with E-state index in [1.807, 2.05) is 0 Å². The molecule has 0 saturated carbocycles. The average Bonchev–Trinajstić information content (AvgIpc) is 2.75. The van der Waals surface area contributed by atoms with Crippen molar-refractivity contribution in [2.45, 2.75) is 50.9 Å². The van der Waals surface area contributed by atoms with E-state index in [1.165, 1.54) is 13.1 Å². The molecule has 17 heteroatoms. The molecule has 16 nitrogen and oxygen atoms in total. The number of nitrogens with zero attached hydrogens (tertiary/aromatic N) is 2. The van der Waals surface area contributed by atoms with Gasteiger partial charge in [-0.15, -0.1) is 0 Å². The molecule has 0 rings (SSSR count). The van der Waals surface area contributed by atoms with E-state index in [-0.39, 0.29) is 24.8 Å². The SMILES string of the molecule is C[Si](C)(OC(=O)CN=C(N)NCCCC(N)C(=O)O)OC(=O)CN=C(N)NCCCC(N)C(=O)O. The van der Waals surface area contributed by atoms with Crippen molar-refractivity contribution in [1.82, 2.24) is 10.6 Å². The molecule has 0 aromatic rings. The summed E-state index contributed by atoms with van der Waals surface area (Å²) < 4.78 is 10.4. The van der Waals surface area contributed by atoms with Crippen LogP contribution in [0.1, 0.15) is 25.7 Å². The number of hydrogen-bond donors (Lipinski definition) is 8. The van der Waals surface area contributed by atoms with Gasteiger partial charge in [-0.25, -0.2) is 9.98 Å². The molecular formula is C18H36N8O8Si. The smallest absolute Gasteiger partial charge is 0.457 e. The van der Waals surface area contributed by atoms with Gasteiger partial charge in [-0.3, -0.25) is 19.2 Å². The van der Waals surface area contributed by atoms with Crippen LogP contribution in [0.25, 0.3) is 0 Å². The lowest BCUT2D eigenvalue weighted by Gasteiger charge is -2.21. The first kappa shape index (κ1) is 31.6. The summed E-state index contributed by atoms with van der Waals surface area (Å²) in [6.45, 7) is 2.77. The number of hydrogen-bond acceptors (Lipinski definition) is 10. The molecule has 0 aliphatic heterocycles. The number of rotatable bonds is 16. The van der Waals surface area contributed by atoms with Crippen LogP contribution in [0, 0.1) is 0 Å². The van der Waals surface area contributed by atoms with Gasteiger partial charge < -0.3 is 52.6 Å². The lowest BCUT2D eigenvalue weighted by atomic mass is 10.2. The molecule has 0 fully saturated rings. The van der Waals surface area contributed by atoms with Gasteiger partial charge in [0.1, 0.15) is 25.2 Å². The molecule has 0 amide bonds. The maximum Gasteiger partial charge on any atom is 0.457 e. The Morgan fingerprint density at radius 2 is 1.14 bits per heavy atom. The number of nitrogens with two attached hydrogens (primary N) is 4. The number of aliphatic imine (C=N–C) groups is 2. The van der Waals surface area contributed by atoms with Gasteiger partial charge in [-0.2, -0.15) is 0 Å². The molecule has 0 radical (unpaired) electrons. The Balaban J connectivity index is 4.29. The topological polar surface area (TPSA) is 280 Å². The van der Waals surface area contributed by atoms with Crippen molar-refractivity contribution in [2.75, 3.05) is 26.2 Å². The molecular weight excluding hydrogens is 484 g/mol. The van der Waals surface area contributed by atoms with E-state index in [9.17, 15) is 19.2 Å². The van der Waals surface area contributed by atoms with Crippen molar-refractivity contribution in [3.05, 3.63) is 0 Å². The zero-order valence-corrected chi connectivity index (χ0v) is 20.9. The maximum atomic E-state index is 12.0. The van der Waals surface area contributed by atoms with Gasteiger partial charge in [-0.1, -0.05) is 0 Å². The largest absolute Gasteiger partial charge is 0.484 e. The quantitative estimate of drug-likeness (QED) is 0.0435. The van der Waals surface area contributed by atoms with Gasteiger partial charge in [0.05, 0.1) is 0 Å². The van der Waals surface area contributed by atoms with Gasteiger partial charge in [0.2, 0.25) is 0 Å². The molecule has 12 N–H and O–H groups in total. The predicted octanol–water partition coefficient (Wildman–Crippen LogP) is -3.03. The molecule has 35 heavy (non-hydrogen) atoms. The Morgan fingerprint density at radius 1 is 0.800 bits per heavy atom. The van der Waals surface area contributed by atoms with Crippen molar-refractivity contribution < 1.29 is 38.2 Å². The fourth-order valence-electron chi connectivity index (χ4n) is 2.37. The van der Waals surface area contributed by atoms with Crippen molar-refractivity contribution in [3.8, 4) is 0 Å². The van der Waals surface area contributed by atoms with Crippen LogP contribution in [0.5, 0.6) is 0 Å². The molecule has 2 atom stereocenters. The summed E-state index contributed by atoms with van der Waals surface area (Å²) in [5.41, 5.74) is 22.0. The zero-order chi connectivity index (χ0) is 27.0. The number of carbonyl (C=O) groups is 4. The molecule has 2 unspecified atom stereocenters. The minimum Gasteiger partial charge on any atom is -0.484 e. The molecule has 0 spiro atoms. The molecule has 0 heterocycles. The van der Waals surface area contributed by atoms with Crippen LogP contribution in [-0.4, -0.2) is 92.8 Å². The van der Waals surface area contributed by atoms with Crippen LogP contribution in [0.4, 0.5) is 0 Å². The van der Waals surface area contributed by atoms with E-state index >= 15 is 0 Å². The second-order valence-corrected chi connectivity index (χ2v) is 11.0. The van der Waals surface area contributed by atoms with E-state index in [4.69, 9.17) is 42.0 Å². The van der Waals surface area contributed by atoms with E-state index in [2.05, 4.69) is 20.6 Å². The Hall–Kier alpha value is -3.44. The van der Waals surface area contributed by atoms with Crippen LogP contribution >= 0.6 is 0 Å². The molecule has 0 aliphatic carbocycles. The van der Waals surface area contributed by atoms with E-state index in [0.717, 1.165) is 0 Å². The predicted molar refractivity (Wildman–Crippen MR) is 128 cm³/mol. The van der Waals surface area contributed by atoms with Crippen LogP contribution in [0.15, 0.2) is 9.98 Å². The van der Waals surface area contributed by atoms with Gasteiger partial charge in [0, 0.05) is 26.2 Å². The highest BCUT2D eigenvalue weighted by Gasteiger charge is 2.33. The summed E-state index contributed by atoms with van der Waals surface area (Å²) >= 11 is 0. The molecule has 0 aromatic carbocycles. The zero-order valence-electron chi connectivity index (χ0n) is 19.9. The fourth-order valence-corrected chi connectivity index (χ4v) is 3.64. The standard InChI is InChI=1S/C18H36N8O8Si/c1-35(2,33-13(27)9-25-17(21)23-7-3-5-11(19)15(29)30)34-14(28)10-26-18(22)24-8-4-6-12(20)16(31)32/h11-12H,3-10,19-20H2,1-2H3,(H,29,30)(H,31,32)(H3,21,23,25)(H3,22,24,26). The van der Waals surface area contributed by atoms with Crippen molar-refractivity contribution in [2.24, 2.45) is 32.9 Å². The number of carboxylic acid groups (broad SMARTS) is 2. The minimum absolute atomic E-state index is 0.0374. The third-order valence-electron chi connectivity index (χ3n) is 4.11. The van der Waals surface area contributed by atoms with E-state index < -0.39 is 57.6 Å². The lowest BCUT2D eigenvalue weighted by molar-refractivity contribution is -0.140. The molecule has 200 valence electrons. The summed E-state index contributed by atoms with van der Waals surface area (Å²) in [4.78, 5) is 52.9. The summed E-state index contributed by atoms with van der Waals surface area (Å²) in [7, 11) is -3.18. The minimum atomic E-state index is -3.18. The molecule has 0 aliphatic rings. The third kappa shape index (κ3) is 16.8. The maximum absolute atomic E-state index is 12.0. The van der Waals surface area contributed by atoms with Gasteiger partial charge in [0.25, 0.3) is 0 Å². The summed E-state index contributed by atoms with van der Waals surface area (Å²) in [6, 6.07) is -1.93. The van der Waals surface area contributed by atoms with Crippen molar-refractivity contribution in [3.63, 3.8) is 0 Å². The van der Waals surface area contributed by atoms with Crippen LogP contribution in [-0.2, 0) is 28.0 Å². The van der Waals surface area contributed by atoms with Crippen molar-refractivity contribution >= 4 is 44.4 Å². The van der Waals surface area contributed by atoms with Crippen LogP contribution in [0.2, 0.25) is 13.1 Å². The second kappa shape index (κ2) is 16.2. The lowest BCUT2D eigenvalue weighted by Crippen LogP contribution is -2.41. The normalized spacial score (nSPS) is 13.9. The van der Waals surface area contributed by atoms with Gasteiger partial charge in [-0.05, 0) is 25.7 Å². The molecule has 0 bridgehead atoms. The number of nitrogens with one attached hydrogen (secondary N) is 2. The van der Waals surface area contributed by atoms with Crippen molar-refractivity contribution in [1.29, 1.82) is 0 Å². The highest BCUT2D eigenvalue weighted by molar-refractivity contribution is 6.67. The second-order valence-electron chi connectivity index (χ2n) is 7.78. The first-order valence-corrected chi connectivity index (χ1v) is 13.5. The van der Waals surface area contributed by atoms with E-state index in [0.29, 0.717) is 25.9 Å². The molecule has 0 saturated heterocycles. The first-order chi connectivity index (χ1) is 16.2. The van der Waals surface area contributed by atoms with E-state index in [1.54, 1.807) is 0 Å². The Kier molecular flexibility index (Phi) is 14.6. The van der Waals surface area contributed by atoms with Gasteiger partial charge in [0.15, 0.2) is 11.9 Å². The highest BCUT2D eigenvalue weighted by Crippen LogP contribution is 2.07.